The van der Waals surface area contributed by atoms with Gasteiger partial charge < -0.3 is 4.74 Å². The molecule has 0 aliphatic rings. The van der Waals surface area contributed by atoms with Gasteiger partial charge in [0.05, 0.1) is 9.72 Å². The van der Waals surface area contributed by atoms with Crippen molar-refractivity contribution in [3.63, 3.8) is 0 Å². The average molecular weight is 329 g/mol. The van der Waals surface area contributed by atoms with Gasteiger partial charge in [0, 0.05) is 5.56 Å². The second-order valence-electron chi connectivity index (χ2n) is 3.18. The maximum absolute atomic E-state index is 12.1. The molecular formula is C10H8BrF3O2S. The number of halogens is 4. The van der Waals surface area contributed by atoms with E-state index in [0.29, 0.717) is 0 Å². The maximum atomic E-state index is 12.1. The summed E-state index contributed by atoms with van der Waals surface area (Å²) < 4.78 is 39.9. The van der Waals surface area contributed by atoms with Crippen molar-refractivity contribution in [2.45, 2.75) is 23.0 Å². The van der Waals surface area contributed by atoms with Crippen LogP contribution < -0.4 is 4.74 Å². The van der Waals surface area contributed by atoms with Crippen molar-refractivity contribution in [3.05, 3.63) is 23.8 Å². The van der Waals surface area contributed by atoms with E-state index in [0.717, 1.165) is 6.07 Å². The van der Waals surface area contributed by atoms with Crippen LogP contribution in [0.15, 0.2) is 23.1 Å². The van der Waals surface area contributed by atoms with Crippen LogP contribution in [0, 0.1) is 0 Å². The molecule has 1 unspecified atom stereocenters. The Morgan fingerprint density at radius 2 is 2.06 bits per heavy atom. The van der Waals surface area contributed by atoms with Crippen LogP contribution in [0.1, 0.15) is 17.3 Å². The number of thiol groups is 1. The fraction of sp³-hybridized carbons (Fsp3) is 0.300. The van der Waals surface area contributed by atoms with Gasteiger partial charge in [0.25, 0.3) is 0 Å². The molecule has 0 amide bonds. The molecule has 0 spiro atoms. The summed E-state index contributed by atoms with van der Waals surface area (Å²) in [5.41, 5.74) is 0.0828. The molecule has 1 rings (SSSR count). The largest absolute Gasteiger partial charge is 0.573 e. The summed E-state index contributed by atoms with van der Waals surface area (Å²) in [7, 11) is 0. The number of Topliss-reactive ketones (excluding diaryl/α,β-unsaturated/α-hetero) is 1. The molecule has 17 heavy (non-hydrogen) atoms. The lowest BCUT2D eigenvalue weighted by Gasteiger charge is -2.13. The second kappa shape index (κ2) is 5.30. The van der Waals surface area contributed by atoms with Gasteiger partial charge in [0.1, 0.15) is 5.75 Å². The third-order valence-electron chi connectivity index (χ3n) is 1.85. The standard InChI is InChI=1S/C10H8BrF3O2S/c1-5(11)8(15)6-3-2-4-7(9(6)17)16-10(12,13)14/h2-5,17H,1H3. The zero-order valence-corrected chi connectivity index (χ0v) is 11.1. The number of benzene rings is 1. The number of alkyl halides is 4. The Balaban J connectivity index is 3.12. The molecule has 1 aromatic carbocycles. The molecule has 0 heterocycles. The molecule has 0 fully saturated rings. The van der Waals surface area contributed by atoms with Gasteiger partial charge in [0.2, 0.25) is 0 Å². The normalized spacial score (nSPS) is 13.3. The third kappa shape index (κ3) is 3.92. The molecule has 2 nitrogen and oxygen atoms in total. The zero-order chi connectivity index (χ0) is 13.2. The molecule has 0 aliphatic carbocycles. The van der Waals surface area contributed by atoms with Crippen LogP contribution in [0.4, 0.5) is 13.2 Å². The van der Waals surface area contributed by atoms with Crippen molar-refractivity contribution >= 4 is 34.3 Å². The Morgan fingerprint density at radius 1 is 1.47 bits per heavy atom. The number of ketones is 1. The van der Waals surface area contributed by atoms with E-state index in [1.165, 1.54) is 12.1 Å². The fourth-order valence-electron chi connectivity index (χ4n) is 1.14. The van der Waals surface area contributed by atoms with E-state index >= 15 is 0 Å². The molecular weight excluding hydrogens is 321 g/mol. The van der Waals surface area contributed by atoms with Gasteiger partial charge in [-0.2, -0.15) is 0 Å². The molecule has 0 saturated heterocycles. The number of hydrogen-bond donors (Lipinski definition) is 1. The van der Waals surface area contributed by atoms with Crippen molar-refractivity contribution < 1.29 is 22.7 Å². The summed E-state index contributed by atoms with van der Waals surface area (Å²) in [6, 6.07) is 3.81. The number of ether oxygens (including phenoxy) is 1. The minimum Gasteiger partial charge on any atom is -0.405 e. The summed E-state index contributed by atoms with van der Waals surface area (Å²) in [4.78, 5) is 11.0. The zero-order valence-electron chi connectivity index (χ0n) is 8.58. The highest BCUT2D eigenvalue weighted by atomic mass is 79.9. The highest BCUT2D eigenvalue weighted by Gasteiger charge is 2.32. The molecule has 0 N–H and O–H groups in total. The van der Waals surface area contributed by atoms with E-state index in [-0.39, 0.29) is 16.2 Å². The average Bonchev–Trinajstić information content (AvgIpc) is 2.18. The predicted molar refractivity (Wildman–Crippen MR) is 63.1 cm³/mol. The van der Waals surface area contributed by atoms with E-state index in [1.807, 2.05) is 0 Å². The van der Waals surface area contributed by atoms with Gasteiger partial charge in [-0.3, -0.25) is 4.79 Å². The van der Waals surface area contributed by atoms with Crippen molar-refractivity contribution in [3.8, 4) is 5.75 Å². The number of carbonyl (C=O) groups excluding carboxylic acids is 1. The van der Waals surface area contributed by atoms with Crippen LogP contribution in [0.2, 0.25) is 0 Å². The third-order valence-corrected chi connectivity index (χ3v) is 2.73. The maximum Gasteiger partial charge on any atom is 0.573 e. The quantitative estimate of drug-likeness (QED) is 0.518. The van der Waals surface area contributed by atoms with E-state index in [9.17, 15) is 18.0 Å². The lowest BCUT2D eigenvalue weighted by molar-refractivity contribution is -0.275. The topological polar surface area (TPSA) is 26.3 Å². The minimum atomic E-state index is -4.81. The molecule has 94 valence electrons. The van der Waals surface area contributed by atoms with Gasteiger partial charge in [-0.1, -0.05) is 22.0 Å². The van der Waals surface area contributed by atoms with Gasteiger partial charge in [0.15, 0.2) is 5.78 Å². The molecule has 0 saturated carbocycles. The number of hydrogen-bond acceptors (Lipinski definition) is 3. The summed E-state index contributed by atoms with van der Waals surface area (Å²) >= 11 is 6.94. The van der Waals surface area contributed by atoms with Crippen LogP contribution in [0.5, 0.6) is 5.75 Å². The summed E-state index contributed by atoms with van der Waals surface area (Å²) in [6.45, 7) is 1.58. The van der Waals surface area contributed by atoms with Crippen molar-refractivity contribution in [1.29, 1.82) is 0 Å². The highest BCUT2D eigenvalue weighted by molar-refractivity contribution is 9.10. The SMILES string of the molecule is CC(Br)C(=O)c1cccc(OC(F)(F)F)c1S. The predicted octanol–water partition coefficient (Wildman–Crippen LogP) is 3.84. The Kier molecular flexibility index (Phi) is 4.48. The van der Waals surface area contributed by atoms with Gasteiger partial charge >= 0.3 is 6.36 Å². The smallest absolute Gasteiger partial charge is 0.405 e. The first-order chi connectivity index (χ1) is 7.72. The fourth-order valence-corrected chi connectivity index (χ4v) is 1.69. The lowest BCUT2D eigenvalue weighted by Crippen LogP contribution is -2.18. The summed E-state index contributed by atoms with van der Waals surface area (Å²) in [5, 5.41) is 0. The monoisotopic (exact) mass is 328 g/mol. The van der Waals surface area contributed by atoms with Crippen LogP contribution in [0.3, 0.4) is 0 Å². The molecule has 1 aromatic rings. The first-order valence-corrected chi connectivity index (χ1v) is 5.84. The minimum absolute atomic E-state index is 0.0828. The highest BCUT2D eigenvalue weighted by Crippen LogP contribution is 2.32. The van der Waals surface area contributed by atoms with Crippen LogP contribution in [0.25, 0.3) is 0 Å². The number of rotatable bonds is 3. The summed E-state index contributed by atoms with van der Waals surface area (Å²) in [5.74, 6) is -0.845. The Hall–Kier alpha value is -0.690. The van der Waals surface area contributed by atoms with Crippen LogP contribution in [-0.2, 0) is 0 Å². The van der Waals surface area contributed by atoms with E-state index < -0.39 is 16.9 Å². The molecule has 0 aliphatic heterocycles. The second-order valence-corrected chi connectivity index (χ2v) is 5.00. The molecule has 1 atom stereocenters. The molecule has 0 radical (unpaired) electrons. The molecule has 7 heteroatoms. The van der Waals surface area contributed by atoms with Crippen molar-refractivity contribution in [1.82, 2.24) is 0 Å². The van der Waals surface area contributed by atoms with Gasteiger partial charge in [-0.05, 0) is 19.1 Å². The van der Waals surface area contributed by atoms with Crippen LogP contribution in [-0.4, -0.2) is 17.0 Å². The Bertz CT molecular complexity index is 432. The molecule has 0 bridgehead atoms. The first-order valence-electron chi connectivity index (χ1n) is 4.48. The van der Waals surface area contributed by atoms with E-state index in [4.69, 9.17) is 0 Å². The van der Waals surface area contributed by atoms with Crippen LogP contribution >= 0.6 is 28.6 Å². The van der Waals surface area contributed by atoms with Gasteiger partial charge in [-0.25, -0.2) is 0 Å². The Labute approximate surface area is 110 Å². The lowest BCUT2D eigenvalue weighted by atomic mass is 10.1. The summed E-state index contributed by atoms with van der Waals surface area (Å²) in [6.07, 6.45) is -4.81. The van der Waals surface area contributed by atoms with Crippen molar-refractivity contribution in [2.24, 2.45) is 0 Å². The first kappa shape index (κ1) is 14.4. The Morgan fingerprint density at radius 3 is 2.53 bits per heavy atom. The van der Waals surface area contributed by atoms with E-state index in [2.05, 4.69) is 33.3 Å². The van der Waals surface area contributed by atoms with Gasteiger partial charge in [-0.15, -0.1) is 25.8 Å². The van der Waals surface area contributed by atoms with Crippen molar-refractivity contribution in [2.75, 3.05) is 0 Å². The molecule has 0 aromatic heterocycles. The number of carbonyl (C=O) groups is 1. The van der Waals surface area contributed by atoms with E-state index in [1.54, 1.807) is 6.92 Å².